The number of methoxy groups -OCH3 is 1. The van der Waals surface area contributed by atoms with E-state index in [1.54, 1.807) is 27.2 Å². The van der Waals surface area contributed by atoms with Crippen molar-refractivity contribution in [1.82, 2.24) is 9.88 Å². The van der Waals surface area contributed by atoms with E-state index < -0.39 is 5.60 Å². The van der Waals surface area contributed by atoms with E-state index in [0.29, 0.717) is 31.2 Å². The number of hydrogen-bond acceptors (Lipinski definition) is 5. The van der Waals surface area contributed by atoms with E-state index >= 15 is 0 Å². The molecule has 1 fully saturated rings. The quantitative estimate of drug-likeness (QED) is 0.506. The maximum atomic E-state index is 13.2. The highest BCUT2D eigenvalue weighted by atomic mass is 19.1. The van der Waals surface area contributed by atoms with Crippen LogP contribution in [0.2, 0.25) is 0 Å². The largest absolute Gasteiger partial charge is 0.496 e. The average Bonchev–Trinajstić information content (AvgIpc) is 3.29. The van der Waals surface area contributed by atoms with Crippen LogP contribution in [-0.4, -0.2) is 41.6 Å². The van der Waals surface area contributed by atoms with Gasteiger partial charge in [0.1, 0.15) is 23.1 Å². The monoisotopic (exact) mass is 452 g/mol. The molecule has 2 heterocycles. The summed E-state index contributed by atoms with van der Waals surface area (Å²) in [6.07, 6.45) is 4.10. The van der Waals surface area contributed by atoms with Crippen molar-refractivity contribution in [1.29, 1.82) is 0 Å². The van der Waals surface area contributed by atoms with E-state index in [9.17, 15) is 9.18 Å². The molecule has 3 aromatic rings. The molecule has 1 aliphatic heterocycles. The topological polar surface area (TPSA) is 64.8 Å². The number of para-hydroxylation sites is 1. The number of benzene rings is 2. The first kappa shape index (κ1) is 22.8. The van der Waals surface area contributed by atoms with E-state index in [1.165, 1.54) is 24.3 Å². The third kappa shape index (κ3) is 5.35. The van der Waals surface area contributed by atoms with E-state index in [1.807, 2.05) is 29.2 Å². The first-order valence-electron chi connectivity index (χ1n) is 11.2. The molecule has 0 N–H and O–H groups in total. The molecule has 4 rings (SSSR count). The molecule has 7 heteroatoms. The Hall–Kier alpha value is -3.35. The van der Waals surface area contributed by atoms with Crippen LogP contribution in [0, 0.1) is 5.82 Å². The average molecular weight is 453 g/mol. The van der Waals surface area contributed by atoms with Gasteiger partial charge in [0.05, 0.1) is 19.2 Å². The molecule has 0 bridgehead atoms. The molecule has 33 heavy (non-hydrogen) atoms. The summed E-state index contributed by atoms with van der Waals surface area (Å²) < 4.78 is 30.6. The van der Waals surface area contributed by atoms with Crippen LogP contribution in [0.5, 0.6) is 11.5 Å². The van der Waals surface area contributed by atoms with E-state index in [4.69, 9.17) is 13.9 Å². The molecule has 0 aliphatic carbocycles. The molecule has 2 aromatic carbocycles. The molecule has 1 amide bonds. The first-order chi connectivity index (χ1) is 15.9. The summed E-state index contributed by atoms with van der Waals surface area (Å²) in [5.74, 6) is 2.24. The summed E-state index contributed by atoms with van der Waals surface area (Å²) in [7, 11) is 1.65. The van der Waals surface area contributed by atoms with Gasteiger partial charge in [-0.1, -0.05) is 18.2 Å². The van der Waals surface area contributed by atoms with Gasteiger partial charge in [0.2, 0.25) is 0 Å². The van der Waals surface area contributed by atoms with Gasteiger partial charge < -0.3 is 18.8 Å². The third-order valence-electron chi connectivity index (χ3n) is 5.89. The zero-order chi connectivity index (χ0) is 23.4. The van der Waals surface area contributed by atoms with Gasteiger partial charge in [-0.2, -0.15) is 0 Å². The molecular formula is C26H29FN2O4. The van der Waals surface area contributed by atoms with Crippen LogP contribution < -0.4 is 9.47 Å². The summed E-state index contributed by atoms with van der Waals surface area (Å²) >= 11 is 0. The summed E-state index contributed by atoms with van der Waals surface area (Å²) in [6.45, 7) is 4.64. The third-order valence-corrected chi connectivity index (χ3v) is 5.89. The van der Waals surface area contributed by atoms with Crippen molar-refractivity contribution < 1.29 is 23.1 Å². The van der Waals surface area contributed by atoms with Gasteiger partial charge in [-0.15, -0.1) is 0 Å². The highest BCUT2D eigenvalue weighted by molar-refractivity contribution is 5.85. The second kappa shape index (κ2) is 9.65. The molecule has 1 unspecified atom stereocenters. The molecule has 1 aliphatic rings. The molecule has 1 saturated heterocycles. The second-order valence-corrected chi connectivity index (χ2v) is 8.81. The Labute approximate surface area is 193 Å². The smallest absolute Gasteiger partial charge is 0.266 e. The number of halogens is 1. The van der Waals surface area contributed by atoms with Crippen molar-refractivity contribution in [3.05, 3.63) is 77.8 Å². The van der Waals surface area contributed by atoms with Gasteiger partial charge >= 0.3 is 0 Å². The van der Waals surface area contributed by atoms with Gasteiger partial charge in [-0.05, 0) is 57.0 Å². The number of ether oxygens (including phenoxy) is 2. The Bertz CT molecular complexity index is 1090. The van der Waals surface area contributed by atoms with Gasteiger partial charge in [0.25, 0.3) is 5.91 Å². The van der Waals surface area contributed by atoms with Crippen LogP contribution in [-0.2, 0) is 11.2 Å². The zero-order valence-corrected chi connectivity index (χ0v) is 19.2. The van der Waals surface area contributed by atoms with Crippen LogP contribution in [0.1, 0.15) is 49.8 Å². The maximum Gasteiger partial charge on any atom is 0.266 e. The number of carbonyl (C=O) groups excluding carboxylic acids is 1. The number of nitrogens with zero attached hydrogens (tertiary/aromatic N) is 2. The fraction of sp³-hybridized carbons (Fsp3) is 0.385. The first-order valence-corrected chi connectivity index (χ1v) is 11.2. The summed E-state index contributed by atoms with van der Waals surface area (Å²) in [4.78, 5) is 19.6. The van der Waals surface area contributed by atoms with Crippen molar-refractivity contribution >= 4 is 5.91 Å². The van der Waals surface area contributed by atoms with E-state index in [0.717, 1.165) is 29.9 Å². The van der Waals surface area contributed by atoms with Crippen molar-refractivity contribution in [3.8, 4) is 11.5 Å². The lowest BCUT2D eigenvalue weighted by atomic mass is 9.96. The number of carbonyl (C=O) groups is 1. The Balaban J connectivity index is 1.42. The number of oxazole rings is 1. The Morgan fingerprint density at radius 3 is 2.73 bits per heavy atom. The minimum atomic E-state index is -1.08. The summed E-state index contributed by atoms with van der Waals surface area (Å²) in [5.41, 5.74) is -0.0476. The lowest BCUT2D eigenvalue weighted by molar-refractivity contribution is -0.146. The van der Waals surface area contributed by atoms with Crippen LogP contribution in [0.3, 0.4) is 0 Å². The molecule has 0 saturated carbocycles. The predicted molar refractivity (Wildman–Crippen MR) is 122 cm³/mol. The van der Waals surface area contributed by atoms with Crippen molar-refractivity contribution in [2.75, 3.05) is 20.2 Å². The number of hydrogen-bond donors (Lipinski definition) is 0. The van der Waals surface area contributed by atoms with Gasteiger partial charge in [0, 0.05) is 25.1 Å². The normalized spacial score (nSPS) is 16.5. The van der Waals surface area contributed by atoms with Crippen LogP contribution in [0.4, 0.5) is 4.39 Å². The standard InChI is InChI=1S/C26H29FN2O4/c1-26(2,33-21-12-10-20(27)11-13-21)25(30)29-14-6-8-19(17-29)24-28-16-22(32-24)15-18-7-4-5-9-23(18)31-3/h4-5,7,9-13,16,19H,6,8,14-15,17H2,1-3H3. The highest BCUT2D eigenvalue weighted by Crippen LogP contribution is 2.30. The van der Waals surface area contributed by atoms with Gasteiger partial charge in [0.15, 0.2) is 11.5 Å². The Morgan fingerprint density at radius 2 is 1.97 bits per heavy atom. The minimum absolute atomic E-state index is 0.0238. The van der Waals surface area contributed by atoms with Crippen LogP contribution in [0.15, 0.2) is 59.1 Å². The van der Waals surface area contributed by atoms with Crippen molar-refractivity contribution in [2.45, 2.75) is 44.6 Å². The Morgan fingerprint density at radius 1 is 1.21 bits per heavy atom. The maximum absolute atomic E-state index is 13.2. The number of piperidine rings is 1. The molecule has 0 spiro atoms. The lowest BCUT2D eigenvalue weighted by Crippen LogP contribution is -2.51. The molecule has 1 aromatic heterocycles. The minimum Gasteiger partial charge on any atom is -0.496 e. The molecule has 0 radical (unpaired) electrons. The second-order valence-electron chi connectivity index (χ2n) is 8.81. The SMILES string of the molecule is COc1ccccc1Cc1cnc(C2CCCN(C(=O)C(C)(C)Oc3ccc(F)cc3)C2)o1. The summed E-state index contributed by atoms with van der Waals surface area (Å²) in [5, 5.41) is 0. The lowest BCUT2D eigenvalue weighted by Gasteiger charge is -2.36. The van der Waals surface area contributed by atoms with Crippen molar-refractivity contribution in [3.63, 3.8) is 0 Å². The van der Waals surface area contributed by atoms with E-state index in [-0.39, 0.29) is 17.6 Å². The number of likely N-dealkylation sites (tertiary alicyclic amines) is 1. The van der Waals surface area contributed by atoms with Crippen LogP contribution >= 0.6 is 0 Å². The van der Waals surface area contributed by atoms with Crippen molar-refractivity contribution in [2.24, 2.45) is 0 Å². The number of aromatic nitrogens is 1. The fourth-order valence-corrected chi connectivity index (χ4v) is 4.21. The molecule has 1 atom stereocenters. The number of rotatable bonds is 7. The molecule has 6 nitrogen and oxygen atoms in total. The summed E-state index contributed by atoms with van der Waals surface area (Å²) in [6, 6.07) is 13.5. The Kier molecular flexibility index (Phi) is 6.67. The van der Waals surface area contributed by atoms with Gasteiger partial charge in [-0.25, -0.2) is 9.37 Å². The van der Waals surface area contributed by atoms with Gasteiger partial charge in [-0.3, -0.25) is 4.79 Å². The molecular weight excluding hydrogens is 423 g/mol. The predicted octanol–water partition coefficient (Wildman–Crippen LogP) is 4.98. The zero-order valence-electron chi connectivity index (χ0n) is 19.2. The highest BCUT2D eigenvalue weighted by Gasteiger charge is 2.37. The molecule has 174 valence electrons. The van der Waals surface area contributed by atoms with E-state index in [2.05, 4.69) is 4.98 Å². The van der Waals surface area contributed by atoms with Crippen LogP contribution in [0.25, 0.3) is 0 Å². The number of amides is 1. The fourth-order valence-electron chi connectivity index (χ4n) is 4.21.